The van der Waals surface area contributed by atoms with E-state index in [1.807, 2.05) is 0 Å². The Hall–Kier alpha value is -2.93. The van der Waals surface area contributed by atoms with Crippen LogP contribution in [0.3, 0.4) is 0 Å². The third-order valence-corrected chi connectivity index (χ3v) is 4.61. The lowest BCUT2D eigenvalue weighted by atomic mass is 10.1. The number of nitrogens with zero attached hydrogens (tertiary/aromatic N) is 2. The Bertz CT molecular complexity index is 987. The first-order valence-electron chi connectivity index (χ1n) is 7.72. The van der Waals surface area contributed by atoms with Crippen molar-refractivity contribution in [3.8, 4) is 11.4 Å². The molecule has 3 aromatic rings. The van der Waals surface area contributed by atoms with E-state index in [0.29, 0.717) is 17.0 Å². The summed E-state index contributed by atoms with van der Waals surface area (Å²) in [6, 6.07) is 12.5. The van der Waals surface area contributed by atoms with Crippen LogP contribution in [-0.4, -0.2) is 28.2 Å². The summed E-state index contributed by atoms with van der Waals surface area (Å²) in [5.74, 6) is 0.175. The minimum atomic E-state index is -0.435. The number of rotatable bonds is 6. The first kappa shape index (κ1) is 17.9. The summed E-state index contributed by atoms with van der Waals surface area (Å²) < 4.78 is 19.8. The monoisotopic (exact) mass is 370 g/mol. The fourth-order valence-electron chi connectivity index (χ4n) is 2.32. The number of hydrogen-bond acceptors (Lipinski definition) is 5. The Balaban J connectivity index is 1.77. The predicted molar refractivity (Wildman–Crippen MR) is 97.8 cm³/mol. The second-order valence-electron chi connectivity index (χ2n) is 5.33. The molecule has 0 unspecified atom stereocenters. The van der Waals surface area contributed by atoms with E-state index in [-0.39, 0.29) is 16.6 Å². The van der Waals surface area contributed by atoms with Crippen LogP contribution < -0.4 is 10.3 Å². The van der Waals surface area contributed by atoms with Crippen molar-refractivity contribution in [2.45, 2.75) is 5.03 Å². The molecule has 7 heteroatoms. The van der Waals surface area contributed by atoms with Crippen LogP contribution >= 0.6 is 11.8 Å². The van der Waals surface area contributed by atoms with Crippen molar-refractivity contribution < 1.29 is 13.9 Å². The first-order valence-corrected chi connectivity index (χ1v) is 8.70. The highest BCUT2D eigenvalue weighted by Gasteiger charge is 2.12. The zero-order chi connectivity index (χ0) is 18.5. The van der Waals surface area contributed by atoms with E-state index in [1.54, 1.807) is 37.4 Å². The number of carbonyl (C=O) groups excluding carboxylic acids is 1. The van der Waals surface area contributed by atoms with Crippen molar-refractivity contribution in [2.24, 2.45) is 0 Å². The zero-order valence-electron chi connectivity index (χ0n) is 13.9. The van der Waals surface area contributed by atoms with E-state index < -0.39 is 11.4 Å². The smallest absolute Gasteiger partial charge is 0.287 e. The lowest BCUT2D eigenvalue weighted by molar-refractivity contribution is 0.102. The molecule has 0 aliphatic carbocycles. The van der Waals surface area contributed by atoms with Gasteiger partial charge in [-0.2, -0.15) is 0 Å². The molecule has 1 heterocycles. The Kier molecular flexibility index (Phi) is 5.48. The number of thioether (sulfide) groups is 1. The molecule has 0 N–H and O–H groups in total. The van der Waals surface area contributed by atoms with Gasteiger partial charge in [0.1, 0.15) is 11.6 Å². The molecule has 0 atom stereocenters. The van der Waals surface area contributed by atoms with Crippen LogP contribution in [-0.2, 0) is 0 Å². The molecule has 3 rings (SSSR count). The average molecular weight is 370 g/mol. The highest BCUT2D eigenvalue weighted by Crippen LogP contribution is 2.17. The lowest BCUT2D eigenvalue weighted by Gasteiger charge is -2.07. The van der Waals surface area contributed by atoms with Crippen LogP contribution in [0.4, 0.5) is 4.39 Å². The van der Waals surface area contributed by atoms with Crippen molar-refractivity contribution in [1.82, 2.24) is 9.55 Å². The van der Waals surface area contributed by atoms with Gasteiger partial charge in [-0.25, -0.2) is 9.37 Å². The Morgan fingerprint density at radius 1 is 1.23 bits per heavy atom. The molecule has 0 radical (unpaired) electrons. The van der Waals surface area contributed by atoms with Crippen molar-refractivity contribution in [3.63, 3.8) is 0 Å². The molecule has 0 saturated heterocycles. The number of aromatic nitrogens is 2. The minimum absolute atomic E-state index is 0.0712. The molecule has 0 saturated carbocycles. The van der Waals surface area contributed by atoms with Crippen molar-refractivity contribution in [1.29, 1.82) is 0 Å². The summed E-state index contributed by atoms with van der Waals surface area (Å²) in [4.78, 5) is 28.9. The van der Waals surface area contributed by atoms with Crippen molar-refractivity contribution in [2.75, 3.05) is 12.9 Å². The second-order valence-corrected chi connectivity index (χ2v) is 6.29. The number of halogens is 1. The highest BCUT2D eigenvalue weighted by atomic mass is 32.2. The topological polar surface area (TPSA) is 61.2 Å². The standard InChI is InChI=1S/C19H15FN2O3S/c1-25-16-7-5-13(6-8-16)17(23)12-26-18-19(24)22(10-9-21-18)15-4-2-3-14(20)11-15/h2-11H,12H2,1H3. The molecule has 5 nitrogen and oxygen atoms in total. The molecule has 0 spiro atoms. The number of methoxy groups -OCH3 is 1. The molecular formula is C19H15FN2O3S. The largest absolute Gasteiger partial charge is 0.497 e. The van der Waals surface area contributed by atoms with Gasteiger partial charge in [-0.3, -0.25) is 14.2 Å². The molecule has 0 aliphatic heterocycles. The van der Waals surface area contributed by atoms with Gasteiger partial charge in [0.05, 0.1) is 18.6 Å². The van der Waals surface area contributed by atoms with Crippen LogP contribution in [0.2, 0.25) is 0 Å². The Morgan fingerprint density at radius 3 is 2.69 bits per heavy atom. The lowest BCUT2D eigenvalue weighted by Crippen LogP contribution is -2.21. The molecule has 0 fully saturated rings. The van der Waals surface area contributed by atoms with Crippen molar-refractivity contribution >= 4 is 17.5 Å². The summed E-state index contributed by atoms with van der Waals surface area (Å²) in [5, 5.41) is 0.179. The van der Waals surface area contributed by atoms with Crippen LogP contribution in [0.25, 0.3) is 5.69 Å². The SMILES string of the molecule is COc1ccc(C(=O)CSc2nccn(-c3cccc(F)c3)c2=O)cc1. The van der Waals surface area contributed by atoms with Gasteiger partial charge < -0.3 is 4.74 Å². The molecule has 132 valence electrons. The number of benzene rings is 2. The van der Waals surface area contributed by atoms with E-state index in [2.05, 4.69) is 4.98 Å². The van der Waals surface area contributed by atoms with Crippen LogP contribution in [0, 0.1) is 5.82 Å². The first-order chi connectivity index (χ1) is 12.6. The summed E-state index contributed by atoms with van der Waals surface area (Å²) in [5.41, 5.74) is 0.533. The quantitative estimate of drug-likeness (QED) is 0.492. The molecule has 0 aliphatic rings. The maximum Gasteiger partial charge on any atom is 0.287 e. The zero-order valence-corrected chi connectivity index (χ0v) is 14.7. The average Bonchev–Trinajstić information content (AvgIpc) is 2.67. The Labute approximate surface area is 153 Å². The van der Waals surface area contributed by atoms with Crippen LogP contribution in [0.5, 0.6) is 5.75 Å². The summed E-state index contributed by atoms with van der Waals surface area (Å²) in [6.45, 7) is 0. The van der Waals surface area contributed by atoms with Gasteiger partial charge in [-0.1, -0.05) is 17.8 Å². The number of ketones is 1. The van der Waals surface area contributed by atoms with Gasteiger partial charge >= 0.3 is 0 Å². The summed E-state index contributed by atoms with van der Waals surface area (Å²) in [6.07, 6.45) is 2.92. The fourth-order valence-corrected chi connectivity index (χ4v) is 3.11. The van der Waals surface area contributed by atoms with Crippen LogP contribution in [0.1, 0.15) is 10.4 Å². The van der Waals surface area contributed by atoms with E-state index in [9.17, 15) is 14.0 Å². The van der Waals surface area contributed by atoms with Gasteiger partial charge in [0.2, 0.25) is 0 Å². The molecule has 0 bridgehead atoms. The Morgan fingerprint density at radius 2 is 2.00 bits per heavy atom. The van der Waals surface area contributed by atoms with Crippen LogP contribution in [0.15, 0.2) is 70.7 Å². The van der Waals surface area contributed by atoms with Gasteiger partial charge in [-0.05, 0) is 42.5 Å². The normalized spacial score (nSPS) is 10.5. The highest BCUT2D eigenvalue weighted by molar-refractivity contribution is 7.99. The maximum absolute atomic E-state index is 13.4. The third kappa shape index (κ3) is 4.00. The van der Waals surface area contributed by atoms with E-state index in [1.165, 1.54) is 35.2 Å². The maximum atomic E-state index is 13.4. The third-order valence-electron chi connectivity index (χ3n) is 3.65. The van der Waals surface area contributed by atoms with E-state index in [4.69, 9.17) is 4.74 Å². The fraction of sp³-hybridized carbons (Fsp3) is 0.105. The number of carbonyl (C=O) groups is 1. The molecule has 2 aromatic carbocycles. The molecule has 0 amide bonds. The van der Waals surface area contributed by atoms with E-state index >= 15 is 0 Å². The van der Waals surface area contributed by atoms with Gasteiger partial charge in [0, 0.05) is 18.0 Å². The van der Waals surface area contributed by atoms with Gasteiger partial charge in [0.25, 0.3) is 5.56 Å². The summed E-state index contributed by atoms with van der Waals surface area (Å²) in [7, 11) is 1.55. The summed E-state index contributed by atoms with van der Waals surface area (Å²) >= 11 is 1.05. The number of hydrogen-bond donors (Lipinski definition) is 0. The van der Waals surface area contributed by atoms with E-state index in [0.717, 1.165) is 11.8 Å². The number of ether oxygens (including phenoxy) is 1. The molecular weight excluding hydrogens is 355 g/mol. The second kappa shape index (κ2) is 7.97. The van der Waals surface area contributed by atoms with Crippen molar-refractivity contribution in [3.05, 3.63) is 82.7 Å². The molecule has 26 heavy (non-hydrogen) atoms. The number of Topliss-reactive ketones (excluding diaryl/α,β-unsaturated/α-hetero) is 1. The molecule has 1 aromatic heterocycles. The van der Waals surface area contributed by atoms with Gasteiger partial charge in [0.15, 0.2) is 10.8 Å². The predicted octanol–water partition coefficient (Wildman–Crippen LogP) is 3.36. The van der Waals surface area contributed by atoms with Gasteiger partial charge in [-0.15, -0.1) is 0 Å². The minimum Gasteiger partial charge on any atom is -0.497 e.